The zero-order valence-electron chi connectivity index (χ0n) is 16.0. The van der Waals surface area contributed by atoms with Gasteiger partial charge in [-0.05, 0) is 41.8 Å². The molecule has 1 N–H and O–H groups in total. The maximum Gasteiger partial charge on any atom is 0.273 e. The van der Waals surface area contributed by atoms with E-state index in [1.807, 2.05) is 30.3 Å². The first-order valence-electron chi connectivity index (χ1n) is 9.28. The molecule has 0 saturated carbocycles. The van der Waals surface area contributed by atoms with Crippen molar-refractivity contribution in [2.45, 2.75) is 13.0 Å². The molecule has 2 aromatic heterocycles. The number of likely N-dealkylation sites (N-methyl/N-ethyl adjacent to an activating group) is 1. The maximum absolute atomic E-state index is 12.5. The molecule has 148 valence electrons. The van der Waals surface area contributed by atoms with E-state index in [0.29, 0.717) is 24.6 Å². The van der Waals surface area contributed by atoms with Crippen LogP contribution >= 0.6 is 0 Å². The number of hydrogen-bond acceptors (Lipinski definition) is 7. The van der Waals surface area contributed by atoms with E-state index in [9.17, 15) is 4.79 Å². The van der Waals surface area contributed by atoms with Crippen LogP contribution in [0.5, 0.6) is 11.5 Å². The van der Waals surface area contributed by atoms with E-state index in [0.717, 1.165) is 29.0 Å². The van der Waals surface area contributed by atoms with Gasteiger partial charge in [0.1, 0.15) is 11.5 Å². The van der Waals surface area contributed by atoms with Crippen molar-refractivity contribution in [1.82, 2.24) is 19.9 Å². The number of pyridine rings is 1. The normalized spacial score (nSPS) is 11.9. The van der Waals surface area contributed by atoms with Crippen molar-refractivity contribution in [3.8, 4) is 11.5 Å². The molecule has 0 saturated heterocycles. The van der Waals surface area contributed by atoms with Gasteiger partial charge in [0.2, 0.25) is 6.79 Å². The minimum Gasteiger partial charge on any atom is -0.454 e. The second kappa shape index (κ2) is 8.55. The molecule has 8 nitrogen and oxygen atoms in total. The molecular weight excluding hydrogens is 370 g/mol. The lowest BCUT2D eigenvalue weighted by Crippen LogP contribution is -2.29. The average Bonchev–Trinajstić information content (AvgIpc) is 3.24. The van der Waals surface area contributed by atoms with Crippen LogP contribution in [0.3, 0.4) is 0 Å². The lowest BCUT2D eigenvalue weighted by atomic mass is 10.2. The summed E-state index contributed by atoms with van der Waals surface area (Å²) in [5, 5.41) is 3.19. The van der Waals surface area contributed by atoms with Crippen molar-refractivity contribution < 1.29 is 14.3 Å². The number of aromatic nitrogens is 3. The minimum absolute atomic E-state index is 0.158. The number of fused-ring (bicyclic) bond motifs is 1. The Kier molecular flexibility index (Phi) is 5.51. The molecule has 3 aromatic rings. The summed E-state index contributed by atoms with van der Waals surface area (Å²) < 4.78 is 10.7. The number of nitrogens with zero attached hydrogens (tertiary/aromatic N) is 4. The third-order valence-electron chi connectivity index (χ3n) is 4.61. The van der Waals surface area contributed by atoms with Crippen LogP contribution in [-0.4, -0.2) is 46.1 Å². The predicted molar refractivity (Wildman–Crippen MR) is 107 cm³/mol. The van der Waals surface area contributed by atoms with E-state index >= 15 is 0 Å². The molecule has 8 heteroatoms. The Morgan fingerprint density at radius 2 is 1.90 bits per heavy atom. The van der Waals surface area contributed by atoms with E-state index in [1.165, 1.54) is 6.20 Å². The van der Waals surface area contributed by atoms with Crippen LogP contribution in [0.15, 0.2) is 55.1 Å². The van der Waals surface area contributed by atoms with Gasteiger partial charge in [-0.25, -0.2) is 9.97 Å². The summed E-state index contributed by atoms with van der Waals surface area (Å²) in [6.07, 6.45) is 7.31. The summed E-state index contributed by atoms with van der Waals surface area (Å²) in [4.78, 5) is 26.7. The van der Waals surface area contributed by atoms with Crippen LogP contribution in [0, 0.1) is 0 Å². The summed E-state index contributed by atoms with van der Waals surface area (Å²) in [6.45, 7) is 1.41. The molecule has 0 aliphatic carbocycles. The highest BCUT2D eigenvalue weighted by atomic mass is 16.7. The number of amides is 1. The smallest absolute Gasteiger partial charge is 0.273 e. The minimum atomic E-state index is -0.158. The van der Waals surface area contributed by atoms with Crippen molar-refractivity contribution in [3.05, 3.63) is 71.9 Å². The molecule has 1 amide bonds. The van der Waals surface area contributed by atoms with Gasteiger partial charge in [0.05, 0.1) is 12.4 Å². The van der Waals surface area contributed by atoms with Crippen molar-refractivity contribution in [1.29, 1.82) is 0 Å². The number of hydrogen-bond donors (Lipinski definition) is 1. The molecule has 0 fully saturated rings. The summed E-state index contributed by atoms with van der Waals surface area (Å²) in [6, 6.07) is 9.66. The molecule has 0 unspecified atom stereocenters. The van der Waals surface area contributed by atoms with Crippen molar-refractivity contribution >= 4 is 11.7 Å². The third kappa shape index (κ3) is 4.60. The van der Waals surface area contributed by atoms with E-state index in [2.05, 4.69) is 20.3 Å². The zero-order chi connectivity index (χ0) is 20.1. The monoisotopic (exact) mass is 391 g/mol. The van der Waals surface area contributed by atoms with Crippen molar-refractivity contribution in [2.75, 3.05) is 25.7 Å². The predicted octanol–water partition coefficient (Wildman–Crippen LogP) is 2.53. The highest BCUT2D eigenvalue weighted by Crippen LogP contribution is 2.32. The van der Waals surface area contributed by atoms with Gasteiger partial charge in [0, 0.05) is 32.5 Å². The topological polar surface area (TPSA) is 89.5 Å². The Labute approximate surface area is 168 Å². The molecule has 29 heavy (non-hydrogen) atoms. The molecule has 1 aromatic carbocycles. The van der Waals surface area contributed by atoms with Gasteiger partial charge in [-0.15, -0.1) is 0 Å². The van der Waals surface area contributed by atoms with Crippen molar-refractivity contribution in [3.63, 3.8) is 0 Å². The van der Waals surface area contributed by atoms with Gasteiger partial charge in [-0.3, -0.25) is 9.78 Å². The van der Waals surface area contributed by atoms with Gasteiger partial charge >= 0.3 is 0 Å². The van der Waals surface area contributed by atoms with Gasteiger partial charge in [0.25, 0.3) is 5.91 Å². The van der Waals surface area contributed by atoms with E-state index in [-0.39, 0.29) is 12.7 Å². The number of ether oxygens (including phenoxy) is 2. The average molecular weight is 391 g/mol. The Hall–Kier alpha value is -3.68. The molecule has 3 heterocycles. The molecule has 4 rings (SSSR count). The first-order chi connectivity index (χ1) is 14.2. The van der Waals surface area contributed by atoms with Crippen LogP contribution in [-0.2, 0) is 13.0 Å². The van der Waals surface area contributed by atoms with Crippen LogP contribution in [0.25, 0.3) is 0 Å². The van der Waals surface area contributed by atoms with E-state index in [4.69, 9.17) is 9.47 Å². The van der Waals surface area contributed by atoms with Crippen LogP contribution in [0.4, 0.5) is 5.82 Å². The number of carbonyl (C=O) groups is 1. The standard InChI is InChI=1S/C21H21N5O3/c1-26(9-6-15-4-7-22-8-5-15)21(27)17-12-25-20(13-23-17)24-11-16-2-3-18-19(10-16)29-14-28-18/h2-5,7-8,10,12-13H,6,9,11,14H2,1H3,(H,24,25). The summed E-state index contributed by atoms with van der Waals surface area (Å²) in [5.41, 5.74) is 2.48. The SMILES string of the molecule is CN(CCc1ccncc1)C(=O)c1cnc(NCc2ccc3c(c2)OCO3)cn1. The fraction of sp³-hybridized carbons (Fsp3) is 0.238. The quantitative estimate of drug-likeness (QED) is 0.662. The highest BCUT2D eigenvalue weighted by Gasteiger charge is 2.15. The molecule has 0 radical (unpaired) electrons. The summed E-state index contributed by atoms with van der Waals surface area (Å²) in [5.74, 6) is 1.93. The first kappa shape index (κ1) is 18.7. The Balaban J connectivity index is 1.30. The van der Waals surface area contributed by atoms with Gasteiger partial charge < -0.3 is 19.7 Å². The summed E-state index contributed by atoms with van der Waals surface area (Å²) in [7, 11) is 1.76. The molecule has 1 aliphatic rings. The second-order valence-corrected chi connectivity index (χ2v) is 6.66. The largest absolute Gasteiger partial charge is 0.454 e. The molecule has 0 spiro atoms. The van der Waals surface area contributed by atoms with E-state index in [1.54, 1.807) is 30.5 Å². The molecule has 0 atom stereocenters. The number of anilines is 1. The summed E-state index contributed by atoms with van der Waals surface area (Å²) >= 11 is 0. The van der Waals surface area contributed by atoms with Crippen LogP contribution in [0.1, 0.15) is 21.6 Å². The maximum atomic E-state index is 12.5. The molecule has 1 aliphatic heterocycles. The number of nitrogens with one attached hydrogen (secondary N) is 1. The zero-order valence-corrected chi connectivity index (χ0v) is 16.0. The second-order valence-electron chi connectivity index (χ2n) is 6.66. The van der Waals surface area contributed by atoms with Gasteiger partial charge in [-0.2, -0.15) is 0 Å². The fourth-order valence-electron chi connectivity index (χ4n) is 2.92. The third-order valence-corrected chi connectivity index (χ3v) is 4.61. The molecular formula is C21H21N5O3. The Morgan fingerprint density at radius 1 is 1.07 bits per heavy atom. The van der Waals surface area contributed by atoms with Gasteiger partial charge in [0.15, 0.2) is 11.5 Å². The number of rotatable bonds is 7. The Bertz CT molecular complexity index is 979. The fourth-order valence-corrected chi connectivity index (χ4v) is 2.92. The van der Waals surface area contributed by atoms with Crippen molar-refractivity contribution in [2.24, 2.45) is 0 Å². The lowest BCUT2D eigenvalue weighted by molar-refractivity contribution is 0.0790. The van der Waals surface area contributed by atoms with Crippen LogP contribution in [0.2, 0.25) is 0 Å². The van der Waals surface area contributed by atoms with Gasteiger partial charge in [-0.1, -0.05) is 6.07 Å². The number of carbonyl (C=O) groups excluding carboxylic acids is 1. The van der Waals surface area contributed by atoms with E-state index < -0.39 is 0 Å². The first-order valence-corrected chi connectivity index (χ1v) is 9.28. The van der Waals surface area contributed by atoms with Crippen LogP contribution < -0.4 is 14.8 Å². The Morgan fingerprint density at radius 3 is 2.69 bits per heavy atom. The molecule has 0 bridgehead atoms. The highest BCUT2D eigenvalue weighted by molar-refractivity contribution is 5.91. The number of benzene rings is 1. The lowest BCUT2D eigenvalue weighted by Gasteiger charge is -2.16.